The van der Waals surface area contributed by atoms with E-state index in [1.807, 2.05) is 36.4 Å². The van der Waals surface area contributed by atoms with Gasteiger partial charge in [-0.05, 0) is 35.4 Å². The molecule has 0 aliphatic rings. The zero-order valence-corrected chi connectivity index (χ0v) is 15.7. The van der Waals surface area contributed by atoms with E-state index in [1.165, 1.54) is 0 Å². The van der Waals surface area contributed by atoms with Crippen LogP contribution in [0.25, 0.3) is 0 Å². The molecular formula is C23H21N3O3. The molecule has 6 nitrogen and oxygen atoms in total. The summed E-state index contributed by atoms with van der Waals surface area (Å²) in [5, 5.41) is 10.2. The molecule has 1 amide bonds. The summed E-state index contributed by atoms with van der Waals surface area (Å²) in [6.45, 7) is 0.0869. The molecule has 0 aliphatic carbocycles. The van der Waals surface area contributed by atoms with Crippen LogP contribution in [0.5, 0.6) is 0 Å². The molecular weight excluding hydrogens is 366 g/mol. The first-order chi connectivity index (χ1) is 14.0. The molecule has 0 spiro atoms. The molecule has 0 fully saturated rings. The summed E-state index contributed by atoms with van der Waals surface area (Å²) in [7, 11) is 0. The SMILES string of the molecule is N=C(N)c1ccc(NC(=O)C(C(=O)OCc2ccccc2)c2ccccc2)cc1. The van der Waals surface area contributed by atoms with E-state index >= 15 is 0 Å². The lowest BCUT2D eigenvalue weighted by Crippen LogP contribution is -2.29. The third-order valence-electron chi connectivity index (χ3n) is 4.32. The number of hydrogen-bond donors (Lipinski definition) is 3. The summed E-state index contributed by atoms with van der Waals surface area (Å²) in [4.78, 5) is 25.7. The number of rotatable bonds is 7. The van der Waals surface area contributed by atoms with Crippen molar-refractivity contribution in [2.45, 2.75) is 12.5 Å². The van der Waals surface area contributed by atoms with Gasteiger partial charge in [0, 0.05) is 11.3 Å². The number of carbonyl (C=O) groups is 2. The number of benzene rings is 3. The number of amides is 1. The molecule has 6 heteroatoms. The van der Waals surface area contributed by atoms with Crippen LogP contribution in [0.3, 0.4) is 0 Å². The third-order valence-corrected chi connectivity index (χ3v) is 4.32. The topological polar surface area (TPSA) is 105 Å². The Morgan fingerprint density at radius 1 is 0.897 bits per heavy atom. The largest absolute Gasteiger partial charge is 0.460 e. The summed E-state index contributed by atoms with van der Waals surface area (Å²) in [6.07, 6.45) is 0. The fourth-order valence-corrected chi connectivity index (χ4v) is 2.80. The lowest BCUT2D eigenvalue weighted by molar-refractivity contribution is -0.149. The van der Waals surface area contributed by atoms with E-state index in [-0.39, 0.29) is 12.4 Å². The number of nitrogens with two attached hydrogens (primary N) is 1. The average molecular weight is 387 g/mol. The highest BCUT2D eigenvalue weighted by Crippen LogP contribution is 2.21. The van der Waals surface area contributed by atoms with Crippen LogP contribution < -0.4 is 11.1 Å². The van der Waals surface area contributed by atoms with Crippen LogP contribution in [0.15, 0.2) is 84.9 Å². The van der Waals surface area contributed by atoms with Gasteiger partial charge < -0.3 is 15.8 Å². The maximum Gasteiger partial charge on any atom is 0.323 e. The molecule has 0 bridgehead atoms. The van der Waals surface area contributed by atoms with Gasteiger partial charge >= 0.3 is 5.97 Å². The van der Waals surface area contributed by atoms with Gasteiger partial charge in [-0.15, -0.1) is 0 Å². The maximum absolute atomic E-state index is 12.9. The van der Waals surface area contributed by atoms with E-state index in [0.29, 0.717) is 16.8 Å². The van der Waals surface area contributed by atoms with Crippen molar-refractivity contribution >= 4 is 23.4 Å². The van der Waals surface area contributed by atoms with E-state index < -0.39 is 17.8 Å². The van der Waals surface area contributed by atoms with Crippen LogP contribution in [-0.2, 0) is 20.9 Å². The molecule has 0 radical (unpaired) electrons. The van der Waals surface area contributed by atoms with Gasteiger partial charge in [-0.1, -0.05) is 60.7 Å². The monoisotopic (exact) mass is 387 g/mol. The Bertz CT molecular complexity index is 987. The molecule has 4 N–H and O–H groups in total. The van der Waals surface area contributed by atoms with Crippen molar-refractivity contribution in [2.24, 2.45) is 5.73 Å². The van der Waals surface area contributed by atoms with Crippen LogP contribution >= 0.6 is 0 Å². The molecule has 0 saturated carbocycles. The summed E-state index contributed by atoms with van der Waals surface area (Å²) in [5.74, 6) is -2.29. The van der Waals surface area contributed by atoms with Crippen molar-refractivity contribution in [1.82, 2.24) is 0 Å². The Kier molecular flexibility index (Phi) is 6.37. The minimum atomic E-state index is -1.10. The molecule has 3 aromatic rings. The van der Waals surface area contributed by atoms with Crippen molar-refractivity contribution in [2.75, 3.05) is 5.32 Å². The van der Waals surface area contributed by atoms with E-state index in [9.17, 15) is 9.59 Å². The van der Waals surface area contributed by atoms with Gasteiger partial charge in [0.2, 0.25) is 5.91 Å². The van der Waals surface area contributed by atoms with Crippen LogP contribution in [0, 0.1) is 5.41 Å². The maximum atomic E-state index is 12.9. The molecule has 0 saturated heterocycles. The minimum Gasteiger partial charge on any atom is -0.460 e. The number of amidine groups is 1. The molecule has 0 heterocycles. The van der Waals surface area contributed by atoms with Crippen molar-refractivity contribution in [3.8, 4) is 0 Å². The highest BCUT2D eigenvalue weighted by molar-refractivity contribution is 6.09. The normalized spacial score (nSPS) is 11.3. The number of hydrogen-bond acceptors (Lipinski definition) is 4. The Balaban J connectivity index is 1.76. The molecule has 1 unspecified atom stereocenters. The Labute approximate surface area is 168 Å². The standard InChI is InChI=1S/C23H21N3O3/c24-21(25)18-11-13-19(14-12-18)26-22(27)20(17-9-5-2-6-10-17)23(28)29-15-16-7-3-1-4-8-16/h1-14,20H,15H2,(H3,24,25)(H,26,27). The first-order valence-corrected chi connectivity index (χ1v) is 9.05. The van der Waals surface area contributed by atoms with Crippen molar-refractivity contribution in [3.05, 3.63) is 102 Å². The van der Waals surface area contributed by atoms with Crippen molar-refractivity contribution < 1.29 is 14.3 Å². The third kappa shape index (κ3) is 5.29. The van der Waals surface area contributed by atoms with Crippen LogP contribution in [-0.4, -0.2) is 17.7 Å². The smallest absolute Gasteiger partial charge is 0.323 e. The van der Waals surface area contributed by atoms with Gasteiger partial charge in [-0.2, -0.15) is 0 Å². The fraction of sp³-hybridized carbons (Fsp3) is 0.0870. The fourth-order valence-electron chi connectivity index (χ4n) is 2.80. The van der Waals surface area contributed by atoms with Gasteiger partial charge in [-0.3, -0.25) is 15.0 Å². The Morgan fingerprint density at radius 3 is 2.07 bits per heavy atom. The average Bonchev–Trinajstić information content (AvgIpc) is 2.74. The molecule has 3 rings (SSSR count). The van der Waals surface area contributed by atoms with E-state index in [2.05, 4.69) is 5.32 Å². The predicted octanol–water partition coefficient (Wildman–Crippen LogP) is 3.44. The van der Waals surface area contributed by atoms with Crippen LogP contribution in [0.4, 0.5) is 5.69 Å². The molecule has 146 valence electrons. The first kappa shape index (κ1) is 19.8. The highest BCUT2D eigenvalue weighted by Gasteiger charge is 2.30. The molecule has 0 aromatic heterocycles. The lowest BCUT2D eigenvalue weighted by atomic mass is 9.98. The van der Waals surface area contributed by atoms with Gasteiger partial charge in [0.1, 0.15) is 12.4 Å². The number of anilines is 1. The number of nitrogen functional groups attached to an aromatic ring is 1. The zero-order chi connectivity index (χ0) is 20.6. The number of ether oxygens (including phenoxy) is 1. The second kappa shape index (κ2) is 9.32. The van der Waals surface area contributed by atoms with Gasteiger partial charge in [0.25, 0.3) is 0 Å². The summed E-state index contributed by atoms with van der Waals surface area (Å²) < 4.78 is 5.41. The predicted molar refractivity (Wildman–Crippen MR) is 112 cm³/mol. The second-order valence-electron chi connectivity index (χ2n) is 6.42. The minimum absolute atomic E-state index is 0.0606. The molecule has 1 atom stereocenters. The summed E-state index contributed by atoms with van der Waals surface area (Å²) in [5.41, 5.74) is 7.87. The van der Waals surface area contributed by atoms with E-state index in [4.69, 9.17) is 15.9 Å². The molecule has 3 aromatic carbocycles. The van der Waals surface area contributed by atoms with Gasteiger partial charge in [0.15, 0.2) is 5.92 Å². The van der Waals surface area contributed by atoms with Crippen molar-refractivity contribution in [3.63, 3.8) is 0 Å². The lowest BCUT2D eigenvalue weighted by Gasteiger charge is -2.17. The zero-order valence-electron chi connectivity index (χ0n) is 15.7. The summed E-state index contributed by atoms with van der Waals surface area (Å²) in [6, 6.07) is 24.6. The van der Waals surface area contributed by atoms with Gasteiger partial charge in [-0.25, -0.2) is 0 Å². The summed E-state index contributed by atoms with van der Waals surface area (Å²) >= 11 is 0. The quantitative estimate of drug-likeness (QED) is 0.250. The highest BCUT2D eigenvalue weighted by atomic mass is 16.5. The number of carbonyl (C=O) groups excluding carboxylic acids is 2. The Morgan fingerprint density at radius 2 is 1.48 bits per heavy atom. The molecule has 0 aliphatic heterocycles. The van der Waals surface area contributed by atoms with Crippen molar-refractivity contribution in [1.29, 1.82) is 5.41 Å². The van der Waals surface area contributed by atoms with E-state index in [0.717, 1.165) is 5.56 Å². The number of esters is 1. The van der Waals surface area contributed by atoms with Crippen LogP contribution in [0.1, 0.15) is 22.6 Å². The molecule has 29 heavy (non-hydrogen) atoms. The van der Waals surface area contributed by atoms with Gasteiger partial charge in [0.05, 0.1) is 0 Å². The second-order valence-corrected chi connectivity index (χ2v) is 6.42. The Hall–Kier alpha value is -3.93. The van der Waals surface area contributed by atoms with Crippen LogP contribution in [0.2, 0.25) is 0 Å². The number of nitrogens with one attached hydrogen (secondary N) is 2. The van der Waals surface area contributed by atoms with E-state index in [1.54, 1.807) is 48.5 Å². The first-order valence-electron chi connectivity index (χ1n) is 9.05.